The highest BCUT2D eigenvalue weighted by molar-refractivity contribution is 4.91. The van der Waals surface area contributed by atoms with Crippen molar-refractivity contribution in [3.8, 4) is 0 Å². The fourth-order valence-electron chi connectivity index (χ4n) is 2.38. The van der Waals surface area contributed by atoms with E-state index in [2.05, 4.69) is 19.2 Å². The van der Waals surface area contributed by atoms with E-state index in [0.717, 1.165) is 45.2 Å². The molecule has 0 amide bonds. The first-order valence-electron chi connectivity index (χ1n) is 6.67. The Kier molecular flexibility index (Phi) is 4.22. The van der Waals surface area contributed by atoms with Crippen molar-refractivity contribution < 1.29 is 9.47 Å². The summed E-state index contributed by atoms with van der Waals surface area (Å²) in [7, 11) is 0. The maximum atomic E-state index is 5.89. The molecule has 2 aliphatic rings. The third-order valence-corrected chi connectivity index (χ3v) is 4.00. The van der Waals surface area contributed by atoms with Crippen LogP contribution in [0.15, 0.2) is 0 Å². The summed E-state index contributed by atoms with van der Waals surface area (Å²) >= 11 is 0. The van der Waals surface area contributed by atoms with Crippen LogP contribution in [0.2, 0.25) is 0 Å². The molecule has 0 aromatic carbocycles. The highest BCUT2D eigenvalue weighted by Crippen LogP contribution is 2.36. The molecule has 1 N–H and O–H groups in total. The van der Waals surface area contributed by atoms with Crippen molar-refractivity contribution in [1.82, 2.24) is 5.32 Å². The maximum absolute atomic E-state index is 5.89. The van der Waals surface area contributed by atoms with E-state index < -0.39 is 0 Å². The first-order chi connectivity index (χ1) is 7.77. The topological polar surface area (TPSA) is 30.5 Å². The highest BCUT2D eigenvalue weighted by atomic mass is 16.5. The summed E-state index contributed by atoms with van der Waals surface area (Å²) in [5.74, 6) is 0.855. The lowest BCUT2D eigenvalue weighted by Gasteiger charge is -2.32. The minimum atomic E-state index is 0.213. The van der Waals surface area contributed by atoms with Crippen LogP contribution in [0.5, 0.6) is 0 Å². The van der Waals surface area contributed by atoms with Gasteiger partial charge in [0.1, 0.15) is 0 Å². The van der Waals surface area contributed by atoms with E-state index in [0.29, 0.717) is 6.10 Å². The van der Waals surface area contributed by atoms with Crippen molar-refractivity contribution in [2.75, 3.05) is 32.9 Å². The molecule has 2 unspecified atom stereocenters. The van der Waals surface area contributed by atoms with Gasteiger partial charge in [0.05, 0.1) is 12.7 Å². The van der Waals surface area contributed by atoms with Gasteiger partial charge in [-0.1, -0.05) is 6.92 Å². The number of rotatable bonds is 7. The Balaban J connectivity index is 1.80. The van der Waals surface area contributed by atoms with Gasteiger partial charge < -0.3 is 14.8 Å². The van der Waals surface area contributed by atoms with Gasteiger partial charge in [0.15, 0.2) is 0 Å². The van der Waals surface area contributed by atoms with Gasteiger partial charge in [-0.05, 0) is 38.6 Å². The van der Waals surface area contributed by atoms with Gasteiger partial charge in [-0.2, -0.15) is 0 Å². The maximum Gasteiger partial charge on any atom is 0.0638 e. The van der Waals surface area contributed by atoms with Gasteiger partial charge in [-0.3, -0.25) is 0 Å². The van der Waals surface area contributed by atoms with Crippen molar-refractivity contribution in [3.63, 3.8) is 0 Å². The van der Waals surface area contributed by atoms with E-state index in [-0.39, 0.29) is 5.41 Å². The summed E-state index contributed by atoms with van der Waals surface area (Å²) in [5.41, 5.74) is 0.213. The summed E-state index contributed by atoms with van der Waals surface area (Å²) < 4.78 is 11.6. The first kappa shape index (κ1) is 12.3. The fourth-order valence-corrected chi connectivity index (χ4v) is 2.38. The molecule has 0 aromatic rings. The molecule has 0 radical (unpaired) electrons. The molecular formula is C13H25NO2. The van der Waals surface area contributed by atoms with Crippen LogP contribution in [0.25, 0.3) is 0 Å². The average Bonchev–Trinajstić information content (AvgIpc) is 3.02. The molecule has 3 nitrogen and oxygen atoms in total. The summed E-state index contributed by atoms with van der Waals surface area (Å²) in [6, 6.07) is 0. The number of nitrogens with one attached hydrogen (secondary N) is 1. The monoisotopic (exact) mass is 227 g/mol. The number of hydrogen-bond acceptors (Lipinski definition) is 3. The molecule has 1 saturated carbocycles. The second-order valence-corrected chi connectivity index (χ2v) is 5.36. The molecule has 0 aromatic heterocycles. The van der Waals surface area contributed by atoms with Crippen molar-refractivity contribution in [2.45, 2.75) is 39.2 Å². The second-order valence-electron chi connectivity index (χ2n) is 5.36. The predicted octanol–water partition coefficient (Wildman–Crippen LogP) is 1.82. The zero-order valence-electron chi connectivity index (χ0n) is 10.6. The predicted molar refractivity (Wildman–Crippen MR) is 64.6 cm³/mol. The molecule has 1 saturated heterocycles. The first-order valence-corrected chi connectivity index (χ1v) is 6.67. The van der Waals surface area contributed by atoms with Crippen LogP contribution in [0.3, 0.4) is 0 Å². The van der Waals surface area contributed by atoms with Crippen LogP contribution in [0.4, 0.5) is 0 Å². The average molecular weight is 227 g/mol. The lowest BCUT2D eigenvalue weighted by Crippen LogP contribution is -2.43. The summed E-state index contributed by atoms with van der Waals surface area (Å²) in [6.07, 6.45) is 4.19. The number of ether oxygens (including phenoxy) is 2. The van der Waals surface area contributed by atoms with Crippen molar-refractivity contribution in [2.24, 2.45) is 11.3 Å². The molecule has 1 aliphatic heterocycles. The Morgan fingerprint density at radius 3 is 2.81 bits per heavy atom. The molecule has 3 heteroatoms. The summed E-state index contributed by atoms with van der Waals surface area (Å²) in [6.45, 7) is 9.09. The molecule has 0 bridgehead atoms. The molecule has 2 atom stereocenters. The van der Waals surface area contributed by atoms with Gasteiger partial charge in [-0.15, -0.1) is 0 Å². The van der Waals surface area contributed by atoms with E-state index in [1.165, 1.54) is 12.8 Å². The van der Waals surface area contributed by atoms with Crippen LogP contribution >= 0.6 is 0 Å². The molecule has 0 spiro atoms. The third kappa shape index (κ3) is 2.96. The Bertz CT molecular complexity index is 218. The Morgan fingerprint density at radius 2 is 2.25 bits per heavy atom. The standard InChI is InChI=1S/C13H25NO2/c1-3-14-9-13(6-7-16-11(13)2)10-15-8-12-4-5-12/h11-12,14H,3-10H2,1-2H3. The van der Waals surface area contributed by atoms with Crippen molar-refractivity contribution in [1.29, 1.82) is 0 Å². The summed E-state index contributed by atoms with van der Waals surface area (Å²) in [4.78, 5) is 0. The minimum Gasteiger partial charge on any atom is -0.380 e. The van der Waals surface area contributed by atoms with Gasteiger partial charge in [-0.25, -0.2) is 0 Å². The molecule has 2 rings (SSSR count). The van der Waals surface area contributed by atoms with Gasteiger partial charge in [0, 0.05) is 25.2 Å². The lowest BCUT2D eigenvalue weighted by atomic mass is 9.82. The zero-order valence-corrected chi connectivity index (χ0v) is 10.6. The van der Waals surface area contributed by atoms with Crippen LogP contribution < -0.4 is 5.32 Å². The van der Waals surface area contributed by atoms with Crippen LogP contribution in [-0.4, -0.2) is 39.0 Å². The Hall–Kier alpha value is -0.120. The molecule has 16 heavy (non-hydrogen) atoms. The molecule has 94 valence electrons. The largest absolute Gasteiger partial charge is 0.380 e. The lowest BCUT2D eigenvalue weighted by molar-refractivity contribution is -0.00881. The normalized spacial score (nSPS) is 34.5. The Morgan fingerprint density at radius 1 is 1.44 bits per heavy atom. The smallest absolute Gasteiger partial charge is 0.0638 e. The van der Waals surface area contributed by atoms with E-state index in [4.69, 9.17) is 9.47 Å². The van der Waals surface area contributed by atoms with Gasteiger partial charge >= 0.3 is 0 Å². The van der Waals surface area contributed by atoms with E-state index in [9.17, 15) is 0 Å². The molecule has 2 fully saturated rings. The van der Waals surface area contributed by atoms with Crippen LogP contribution in [-0.2, 0) is 9.47 Å². The highest BCUT2D eigenvalue weighted by Gasteiger charge is 2.41. The minimum absolute atomic E-state index is 0.213. The molecule has 1 heterocycles. The Labute approximate surface area is 98.9 Å². The molecular weight excluding hydrogens is 202 g/mol. The second kappa shape index (κ2) is 5.48. The van der Waals surface area contributed by atoms with Crippen LogP contribution in [0, 0.1) is 11.3 Å². The third-order valence-electron chi connectivity index (χ3n) is 4.00. The quantitative estimate of drug-likeness (QED) is 0.719. The van der Waals surface area contributed by atoms with Crippen molar-refractivity contribution in [3.05, 3.63) is 0 Å². The number of hydrogen-bond donors (Lipinski definition) is 1. The van der Waals surface area contributed by atoms with Crippen molar-refractivity contribution >= 4 is 0 Å². The molecule has 1 aliphatic carbocycles. The zero-order chi connectivity index (χ0) is 11.4. The van der Waals surface area contributed by atoms with E-state index >= 15 is 0 Å². The van der Waals surface area contributed by atoms with E-state index in [1.54, 1.807) is 0 Å². The van der Waals surface area contributed by atoms with E-state index in [1.807, 2.05) is 0 Å². The fraction of sp³-hybridized carbons (Fsp3) is 1.00. The summed E-state index contributed by atoms with van der Waals surface area (Å²) in [5, 5.41) is 3.46. The SMILES string of the molecule is CCNCC1(COCC2CC2)CCOC1C. The van der Waals surface area contributed by atoms with Crippen LogP contribution in [0.1, 0.15) is 33.1 Å². The van der Waals surface area contributed by atoms with Gasteiger partial charge in [0.25, 0.3) is 0 Å². The van der Waals surface area contributed by atoms with Gasteiger partial charge in [0.2, 0.25) is 0 Å².